The molecule has 6 rings (SSSR count). The second-order valence-electron chi connectivity index (χ2n) is 11.0. The van der Waals surface area contributed by atoms with Gasteiger partial charge in [-0.1, -0.05) is 29.5 Å². The lowest BCUT2D eigenvalue weighted by Gasteiger charge is -2.19. The van der Waals surface area contributed by atoms with E-state index in [1.807, 2.05) is 24.3 Å². The van der Waals surface area contributed by atoms with E-state index in [9.17, 15) is 9.59 Å². The van der Waals surface area contributed by atoms with Crippen LogP contribution in [0.2, 0.25) is 0 Å². The van der Waals surface area contributed by atoms with E-state index in [1.165, 1.54) is 16.0 Å². The Labute approximate surface area is 255 Å². The third-order valence-electron chi connectivity index (χ3n) is 6.61. The smallest absolute Gasteiger partial charge is 0.413 e. The lowest BCUT2D eigenvalue weighted by molar-refractivity contribution is 0.0635. The molecule has 0 aliphatic carbocycles. The highest BCUT2D eigenvalue weighted by atomic mass is 32.1. The number of aryl methyl sites for hydroxylation is 1. The molecule has 1 N–H and O–H groups in total. The van der Waals surface area contributed by atoms with Crippen LogP contribution in [0.3, 0.4) is 0 Å². The van der Waals surface area contributed by atoms with Gasteiger partial charge in [-0.3, -0.25) is 10.1 Å². The second kappa shape index (κ2) is 11.4. The minimum absolute atomic E-state index is 0.109. The van der Waals surface area contributed by atoms with E-state index in [1.54, 1.807) is 80.8 Å². The molecule has 1 aromatic carbocycles. The monoisotopic (exact) mass is 614 g/mol. The molecule has 13 nitrogen and oxygen atoms in total. The second-order valence-corrected chi connectivity index (χ2v) is 11.9. The molecule has 0 fully saturated rings. The first-order valence-electron chi connectivity index (χ1n) is 13.7. The number of benzene rings is 1. The first-order chi connectivity index (χ1) is 21.1. The van der Waals surface area contributed by atoms with Crippen LogP contribution in [0.15, 0.2) is 65.7 Å². The molecular formula is C30H30N8O5S. The molecule has 6 aromatic rings. The molecule has 0 saturated carbocycles. The van der Waals surface area contributed by atoms with Gasteiger partial charge in [-0.2, -0.15) is 15.2 Å². The van der Waals surface area contributed by atoms with Crippen molar-refractivity contribution in [2.75, 3.05) is 12.4 Å². The number of carbonyl (C=O) groups is 1. The molecule has 226 valence electrons. The number of nitrogens with one attached hydrogen (secondary N) is 1. The summed E-state index contributed by atoms with van der Waals surface area (Å²) >= 11 is 1.33. The van der Waals surface area contributed by atoms with E-state index in [-0.39, 0.29) is 12.1 Å². The number of nitrogens with zero attached hydrogens (tertiary/aromatic N) is 7. The summed E-state index contributed by atoms with van der Waals surface area (Å²) in [5.41, 5.74) is 1.73. The van der Waals surface area contributed by atoms with Gasteiger partial charge in [0, 0.05) is 18.5 Å². The molecule has 0 radical (unpaired) electrons. The molecule has 5 heterocycles. The SMILES string of the molecule is COc1ccc(Cn2nccc2Oc2nc3c(s2)c2cnn(Cc4cccc(NC(=O)OC(C)(C)C)n4)c(=O)c2n3C)cc1. The zero-order valence-corrected chi connectivity index (χ0v) is 25.6. The number of hydrogen-bond acceptors (Lipinski definition) is 10. The van der Waals surface area contributed by atoms with Gasteiger partial charge in [0.15, 0.2) is 5.65 Å². The number of methoxy groups -OCH3 is 1. The quantitative estimate of drug-likeness (QED) is 0.246. The average Bonchev–Trinajstić information content (AvgIpc) is 3.66. The Morgan fingerprint density at radius 1 is 1.00 bits per heavy atom. The number of anilines is 1. The zero-order chi connectivity index (χ0) is 31.0. The highest BCUT2D eigenvalue weighted by Gasteiger charge is 2.21. The molecule has 5 aromatic heterocycles. The fourth-order valence-corrected chi connectivity index (χ4v) is 5.61. The molecule has 0 bridgehead atoms. The summed E-state index contributed by atoms with van der Waals surface area (Å²) in [6, 6.07) is 14.7. The Kier molecular flexibility index (Phi) is 7.51. The maximum atomic E-state index is 13.5. The minimum Gasteiger partial charge on any atom is -0.497 e. The number of fused-ring (bicyclic) bond motifs is 3. The molecule has 0 spiro atoms. The van der Waals surface area contributed by atoms with Gasteiger partial charge in [0.1, 0.15) is 22.7 Å². The molecular weight excluding hydrogens is 584 g/mol. The Morgan fingerprint density at radius 2 is 1.80 bits per heavy atom. The summed E-state index contributed by atoms with van der Waals surface area (Å²) < 4.78 is 22.3. The molecule has 44 heavy (non-hydrogen) atoms. The van der Waals surface area contributed by atoms with Crippen molar-refractivity contribution in [1.82, 2.24) is 34.1 Å². The van der Waals surface area contributed by atoms with Crippen LogP contribution < -0.4 is 20.3 Å². The van der Waals surface area contributed by atoms with Crippen LogP contribution in [0, 0.1) is 0 Å². The normalized spacial score (nSPS) is 11.7. The van der Waals surface area contributed by atoms with Crippen LogP contribution >= 0.6 is 11.3 Å². The average molecular weight is 615 g/mol. The number of thiazole rings is 1. The number of hydrogen-bond donors (Lipinski definition) is 1. The number of amides is 1. The van der Waals surface area contributed by atoms with Crippen LogP contribution in [-0.4, -0.2) is 52.9 Å². The first-order valence-corrected chi connectivity index (χ1v) is 14.5. The highest BCUT2D eigenvalue weighted by molar-refractivity contribution is 7.21. The fourth-order valence-electron chi connectivity index (χ4n) is 4.64. The van der Waals surface area contributed by atoms with E-state index in [0.717, 1.165) is 16.0 Å². The van der Waals surface area contributed by atoms with Crippen molar-refractivity contribution in [3.63, 3.8) is 0 Å². The number of ether oxygens (including phenoxy) is 3. The number of aromatic nitrogens is 7. The lowest BCUT2D eigenvalue weighted by Crippen LogP contribution is -2.28. The van der Waals surface area contributed by atoms with Crippen molar-refractivity contribution in [2.24, 2.45) is 7.05 Å². The summed E-state index contributed by atoms with van der Waals surface area (Å²) in [7, 11) is 3.42. The van der Waals surface area contributed by atoms with Gasteiger partial charge in [0.25, 0.3) is 10.8 Å². The maximum absolute atomic E-state index is 13.5. The summed E-state index contributed by atoms with van der Waals surface area (Å²) in [5, 5.41) is 12.5. The Morgan fingerprint density at radius 3 is 2.55 bits per heavy atom. The zero-order valence-electron chi connectivity index (χ0n) is 24.8. The molecule has 14 heteroatoms. The van der Waals surface area contributed by atoms with Gasteiger partial charge in [-0.05, 0) is 50.6 Å². The minimum atomic E-state index is -0.640. The third kappa shape index (κ3) is 5.97. The number of pyridine rings is 1. The summed E-state index contributed by atoms with van der Waals surface area (Å²) in [6.07, 6.45) is 2.71. The summed E-state index contributed by atoms with van der Waals surface area (Å²) in [6.45, 7) is 5.96. The van der Waals surface area contributed by atoms with Crippen LogP contribution in [0.25, 0.3) is 21.3 Å². The largest absolute Gasteiger partial charge is 0.497 e. The molecule has 0 aliphatic heterocycles. The van der Waals surface area contributed by atoms with Crippen molar-refractivity contribution < 1.29 is 19.0 Å². The van der Waals surface area contributed by atoms with Gasteiger partial charge >= 0.3 is 6.09 Å². The van der Waals surface area contributed by atoms with Crippen LogP contribution in [0.1, 0.15) is 32.0 Å². The first kappa shape index (κ1) is 28.9. The summed E-state index contributed by atoms with van der Waals surface area (Å²) in [5.74, 6) is 1.64. The van der Waals surface area contributed by atoms with Crippen molar-refractivity contribution in [1.29, 1.82) is 0 Å². The fraction of sp³-hybridized carbons (Fsp3) is 0.267. The van der Waals surface area contributed by atoms with Crippen molar-refractivity contribution in [3.05, 3.63) is 82.5 Å². The molecule has 0 atom stereocenters. The van der Waals surface area contributed by atoms with Gasteiger partial charge in [-0.15, -0.1) is 0 Å². The number of rotatable bonds is 8. The molecule has 1 amide bonds. The highest BCUT2D eigenvalue weighted by Crippen LogP contribution is 2.36. The molecule has 0 saturated heterocycles. The van der Waals surface area contributed by atoms with Crippen molar-refractivity contribution in [2.45, 2.75) is 39.5 Å². The molecule has 0 aliphatic rings. The third-order valence-corrected chi connectivity index (χ3v) is 7.57. The van der Waals surface area contributed by atoms with Crippen LogP contribution in [0.5, 0.6) is 16.8 Å². The van der Waals surface area contributed by atoms with E-state index in [4.69, 9.17) is 14.2 Å². The van der Waals surface area contributed by atoms with Gasteiger partial charge in [-0.25, -0.2) is 19.1 Å². The van der Waals surface area contributed by atoms with E-state index in [0.29, 0.717) is 45.7 Å². The molecule has 0 unspecified atom stereocenters. The van der Waals surface area contributed by atoms with E-state index >= 15 is 0 Å². The Hall–Kier alpha value is -5.24. The standard InChI is InChI=1S/C30H30N8O5S/c1-30(2,3)43-28(40)34-22-8-6-7-19(33-22)17-38-27(39)24-21(15-32-38)25-26(36(24)4)35-29(44-25)42-23-13-14-31-37(23)16-18-9-11-20(41-5)12-10-18/h6-15H,16-17H2,1-5H3,(H,33,34,40). The van der Waals surface area contributed by atoms with Crippen molar-refractivity contribution >= 4 is 44.5 Å². The van der Waals surface area contributed by atoms with E-state index in [2.05, 4.69) is 25.5 Å². The van der Waals surface area contributed by atoms with Crippen molar-refractivity contribution in [3.8, 4) is 16.8 Å². The predicted molar refractivity (Wildman–Crippen MR) is 166 cm³/mol. The Balaban J connectivity index is 1.22. The van der Waals surface area contributed by atoms with E-state index < -0.39 is 11.7 Å². The van der Waals surface area contributed by atoms with Crippen LogP contribution in [0.4, 0.5) is 10.6 Å². The van der Waals surface area contributed by atoms with Gasteiger partial charge in [0.2, 0.25) is 5.88 Å². The van der Waals surface area contributed by atoms with Crippen LogP contribution in [-0.2, 0) is 24.9 Å². The predicted octanol–water partition coefficient (Wildman–Crippen LogP) is 5.18. The van der Waals surface area contributed by atoms with Gasteiger partial charge in [0.05, 0.1) is 43.0 Å². The number of carbonyl (C=O) groups excluding carboxylic acids is 1. The topological polar surface area (TPSA) is 140 Å². The Bertz CT molecular complexity index is 2030. The maximum Gasteiger partial charge on any atom is 0.413 e. The summed E-state index contributed by atoms with van der Waals surface area (Å²) in [4.78, 5) is 34.8. The van der Waals surface area contributed by atoms with Gasteiger partial charge < -0.3 is 18.8 Å². The lowest BCUT2D eigenvalue weighted by atomic mass is 10.2.